The Labute approximate surface area is 169 Å². The molecule has 144 valence electrons. The molecule has 0 fully saturated rings. The summed E-state index contributed by atoms with van der Waals surface area (Å²) in [5.41, 5.74) is 7.38. The van der Waals surface area contributed by atoms with Crippen molar-refractivity contribution in [2.24, 2.45) is 0 Å². The summed E-state index contributed by atoms with van der Waals surface area (Å²) in [6, 6.07) is 12.6. The normalized spacial score (nSPS) is 11.7. The van der Waals surface area contributed by atoms with Gasteiger partial charge in [0.25, 0.3) is 0 Å². The molecule has 0 aliphatic rings. The average molecular weight is 381 g/mol. The maximum atomic E-state index is 5.01. The van der Waals surface area contributed by atoms with Crippen molar-refractivity contribution >= 4 is 27.5 Å². The predicted molar refractivity (Wildman–Crippen MR) is 116 cm³/mol. The van der Waals surface area contributed by atoms with Gasteiger partial charge in [-0.3, -0.25) is 4.98 Å². The van der Waals surface area contributed by atoms with Gasteiger partial charge >= 0.3 is 0 Å². The first-order valence-electron chi connectivity index (χ1n) is 10.1. The van der Waals surface area contributed by atoms with E-state index in [0.29, 0.717) is 0 Å². The Kier molecular flexibility index (Phi) is 4.23. The van der Waals surface area contributed by atoms with Crippen molar-refractivity contribution in [3.05, 3.63) is 77.3 Å². The molecular weight excluding hydrogens is 358 g/mol. The van der Waals surface area contributed by atoms with Crippen LogP contribution in [0.25, 0.3) is 27.5 Å². The second-order valence-corrected chi connectivity index (χ2v) is 7.48. The molecule has 29 heavy (non-hydrogen) atoms. The Hall–Kier alpha value is -3.34. The van der Waals surface area contributed by atoms with E-state index >= 15 is 0 Å². The molecule has 5 nitrogen and oxygen atoms in total. The van der Waals surface area contributed by atoms with Gasteiger partial charge in [-0.15, -0.1) is 0 Å². The third-order valence-corrected chi connectivity index (χ3v) is 5.72. The third-order valence-electron chi connectivity index (χ3n) is 5.72. The fraction of sp³-hybridized carbons (Fsp3) is 0.250. The fourth-order valence-electron chi connectivity index (χ4n) is 4.15. The van der Waals surface area contributed by atoms with Gasteiger partial charge in [0.1, 0.15) is 17.0 Å². The van der Waals surface area contributed by atoms with Crippen LogP contribution < -0.4 is 0 Å². The first kappa shape index (κ1) is 17.7. The number of imidazole rings is 1. The Morgan fingerprint density at radius 2 is 1.79 bits per heavy atom. The second kappa shape index (κ2) is 6.92. The van der Waals surface area contributed by atoms with Crippen LogP contribution in [0.1, 0.15) is 35.4 Å². The van der Waals surface area contributed by atoms with Crippen molar-refractivity contribution in [3.8, 4) is 0 Å². The van der Waals surface area contributed by atoms with Crippen molar-refractivity contribution in [3.63, 3.8) is 0 Å². The minimum absolute atomic E-state index is 0.758. The molecule has 0 atom stereocenters. The van der Waals surface area contributed by atoms with E-state index in [-0.39, 0.29) is 0 Å². The fourth-order valence-corrected chi connectivity index (χ4v) is 4.15. The molecule has 0 bridgehead atoms. The lowest BCUT2D eigenvalue weighted by molar-refractivity contribution is 0.835. The smallest absolute Gasteiger partial charge is 0.145 e. The Morgan fingerprint density at radius 1 is 0.897 bits per heavy atom. The molecule has 0 amide bonds. The Bertz CT molecular complexity index is 1370. The number of fused-ring (bicyclic) bond motifs is 4. The number of pyridine rings is 2. The predicted octanol–water partition coefficient (Wildman–Crippen LogP) is 4.79. The number of nitrogens with zero attached hydrogens (tertiary/aromatic N) is 5. The van der Waals surface area contributed by atoms with Crippen LogP contribution in [0.5, 0.6) is 0 Å². The third kappa shape index (κ3) is 2.94. The van der Waals surface area contributed by atoms with Gasteiger partial charge < -0.3 is 4.40 Å². The Balaban J connectivity index is 1.52. The SMILES string of the molecule is CCc1cccc2c1ccn1c(C)c(CCc3nc(C)c4ncccc4n3)nc21. The average Bonchev–Trinajstić information content (AvgIpc) is 3.08. The number of hydrogen-bond acceptors (Lipinski definition) is 4. The van der Waals surface area contributed by atoms with Crippen molar-refractivity contribution in [1.29, 1.82) is 0 Å². The van der Waals surface area contributed by atoms with Crippen molar-refractivity contribution < 1.29 is 0 Å². The largest absolute Gasteiger partial charge is 0.304 e. The first-order chi connectivity index (χ1) is 14.2. The molecule has 0 saturated heterocycles. The van der Waals surface area contributed by atoms with E-state index in [0.717, 1.165) is 53.2 Å². The van der Waals surface area contributed by atoms with Gasteiger partial charge in [-0.2, -0.15) is 0 Å². The van der Waals surface area contributed by atoms with E-state index in [2.05, 4.69) is 58.7 Å². The summed E-state index contributed by atoms with van der Waals surface area (Å²) in [4.78, 5) is 18.8. The Morgan fingerprint density at radius 3 is 2.66 bits per heavy atom. The van der Waals surface area contributed by atoms with Gasteiger partial charge in [0.05, 0.1) is 16.9 Å². The quantitative estimate of drug-likeness (QED) is 0.449. The molecule has 0 saturated carbocycles. The minimum atomic E-state index is 0.758. The molecule has 5 heteroatoms. The summed E-state index contributed by atoms with van der Waals surface area (Å²) in [5, 5.41) is 2.50. The van der Waals surface area contributed by atoms with Crippen molar-refractivity contribution in [2.75, 3.05) is 0 Å². The van der Waals surface area contributed by atoms with Crippen LogP contribution in [-0.4, -0.2) is 24.3 Å². The lowest BCUT2D eigenvalue weighted by atomic mass is 10.0. The highest BCUT2D eigenvalue weighted by molar-refractivity contribution is 5.96. The zero-order chi connectivity index (χ0) is 20.0. The van der Waals surface area contributed by atoms with Gasteiger partial charge in [-0.05, 0) is 55.8 Å². The van der Waals surface area contributed by atoms with Crippen LogP contribution in [0.4, 0.5) is 0 Å². The zero-order valence-corrected chi connectivity index (χ0v) is 17.0. The van der Waals surface area contributed by atoms with Gasteiger partial charge in [-0.1, -0.05) is 25.1 Å². The molecule has 0 spiro atoms. The van der Waals surface area contributed by atoms with E-state index in [1.165, 1.54) is 22.0 Å². The van der Waals surface area contributed by atoms with Crippen LogP contribution in [0.15, 0.2) is 48.8 Å². The van der Waals surface area contributed by atoms with Crippen LogP contribution in [-0.2, 0) is 19.3 Å². The summed E-state index contributed by atoms with van der Waals surface area (Å²) in [5.74, 6) is 0.845. The summed E-state index contributed by atoms with van der Waals surface area (Å²) in [7, 11) is 0. The summed E-state index contributed by atoms with van der Waals surface area (Å²) in [6.45, 7) is 6.33. The van der Waals surface area contributed by atoms with E-state index in [1.54, 1.807) is 6.20 Å². The molecule has 0 radical (unpaired) electrons. The van der Waals surface area contributed by atoms with E-state index in [4.69, 9.17) is 9.97 Å². The lowest BCUT2D eigenvalue weighted by Crippen LogP contribution is -2.02. The zero-order valence-electron chi connectivity index (χ0n) is 17.0. The van der Waals surface area contributed by atoms with Crippen LogP contribution >= 0.6 is 0 Å². The molecular formula is C24H23N5. The molecule has 0 N–H and O–H groups in total. The van der Waals surface area contributed by atoms with Gasteiger partial charge in [0.2, 0.25) is 0 Å². The van der Waals surface area contributed by atoms with Gasteiger partial charge in [0.15, 0.2) is 0 Å². The molecule has 5 rings (SSSR count). The topological polar surface area (TPSA) is 56.0 Å². The van der Waals surface area contributed by atoms with E-state index in [9.17, 15) is 0 Å². The molecule has 4 heterocycles. The number of benzene rings is 1. The molecule has 5 aromatic rings. The van der Waals surface area contributed by atoms with Crippen LogP contribution in [0.3, 0.4) is 0 Å². The summed E-state index contributed by atoms with van der Waals surface area (Å²) in [6.07, 6.45) is 6.52. The lowest BCUT2D eigenvalue weighted by Gasteiger charge is -2.06. The maximum Gasteiger partial charge on any atom is 0.145 e. The molecule has 0 aliphatic carbocycles. The van der Waals surface area contributed by atoms with Crippen LogP contribution in [0.2, 0.25) is 0 Å². The molecule has 4 aromatic heterocycles. The highest BCUT2D eigenvalue weighted by Crippen LogP contribution is 2.25. The molecule has 1 aromatic carbocycles. The maximum absolute atomic E-state index is 5.01. The second-order valence-electron chi connectivity index (χ2n) is 7.48. The highest BCUT2D eigenvalue weighted by atomic mass is 15.0. The molecule has 0 aliphatic heterocycles. The van der Waals surface area contributed by atoms with Crippen molar-refractivity contribution in [2.45, 2.75) is 40.0 Å². The number of aryl methyl sites for hydroxylation is 5. The standard InChI is InChI=1S/C24H23N5/c1-4-17-7-5-8-19-18(17)12-14-29-16(3)20(28-24(19)29)10-11-22-26-15(2)23-21(27-22)9-6-13-25-23/h5-9,12-14H,4,10-11H2,1-3H3. The minimum Gasteiger partial charge on any atom is -0.304 e. The summed E-state index contributed by atoms with van der Waals surface area (Å²) < 4.78 is 2.20. The van der Waals surface area contributed by atoms with E-state index < -0.39 is 0 Å². The van der Waals surface area contributed by atoms with E-state index in [1.807, 2.05) is 19.1 Å². The number of aromatic nitrogens is 5. The monoisotopic (exact) mass is 381 g/mol. The number of rotatable bonds is 4. The molecule has 0 unspecified atom stereocenters. The van der Waals surface area contributed by atoms with Crippen LogP contribution in [0, 0.1) is 13.8 Å². The van der Waals surface area contributed by atoms with Gasteiger partial charge in [-0.25, -0.2) is 15.0 Å². The van der Waals surface area contributed by atoms with Gasteiger partial charge in [0, 0.05) is 29.9 Å². The summed E-state index contributed by atoms with van der Waals surface area (Å²) >= 11 is 0. The highest BCUT2D eigenvalue weighted by Gasteiger charge is 2.13. The van der Waals surface area contributed by atoms with Crippen molar-refractivity contribution in [1.82, 2.24) is 24.3 Å². The first-order valence-corrected chi connectivity index (χ1v) is 10.1. The number of hydrogen-bond donors (Lipinski definition) is 0.